The van der Waals surface area contributed by atoms with Crippen LogP contribution in [0.25, 0.3) is 0 Å². The van der Waals surface area contributed by atoms with E-state index in [9.17, 15) is 4.79 Å². The van der Waals surface area contributed by atoms with Crippen LogP contribution in [0, 0.1) is 5.92 Å². The van der Waals surface area contributed by atoms with Gasteiger partial charge in [0.2, 0.25) is 0 Å². The van der Waals surface area contributed by atoms with Crippen LogP contribution in [0.3, 0.4) is 0 Å². The van der Waals surface area contributed by atoms with E-state index < -0.39 is 5.54 Å². The standard InChI is InChI=1S/C13H26N2O2/c1-4-17-12(16)13(3,14)7-10-15-8-5-11(2)6-9-15/h11H,4-10,14H2,1-3H3. The van der Waals surface area contributed by atoms with Gasteiger partial charge in [-0.25, -0.2) is 0 Å². The van der Waals surface area contributed by atoms with Gasteiger partial charge >= 0.3 is 5.97 Å². The van der Waals surface area contributed by atoms with E-state index in [2.05, 4.69) is 11.8 Å². The lowest BCUT2D eigenvalue weighted by Gasteiger charge is -2.32. The lowest BCUT2D eigenvalue weighted by atomic mass is 9.96. The van der Waals surface area contributed by atoms with Gasteiger partial charge in [0.1, 0.15) is 5.54 Å². The summed E-state index contributed by atoms with van der Waals surface area (Å²) in [5, 5.41) is 0. The van der Waals surface area contributed by atoms with Crippen molar-refractivity contribution in [1.82, 2.24) is 4.90 Å². The molecule has 100 valence electrons. The van der Waals surface area contributed by atoms with Crippen molar-refractivity contribution >= 4 is 5.97 Å². The molecule has 0 bridgehead atoms. The molecule has 0 radical (unpaired) electrons. The van der Waals surface area contributed by atoms with Crippen LogP contribution < -0.4 is 5.73 Å². The molecule has 2 N–H and O–H groups in total. The van der Waals surface area contributed by atoms with E-state index in [1.54, 1.807) is 13.8 Å². The highest BCUT2D eigenvalue weighted by Gasteiger charge is 2.30. The summed E-state index contributed by atoms with van der Waals surface area (Å²) in [6.07, 6.45) is 3.17. The van der Waals surface area contributed by atoms with Gasteiger partial charge in [-0.3, -0.25) is 4.79 Å². The summed E-state index contributed by atoms with van der Waals surface area (Å²) in [7, 11) is 0. The highest BCUT2D eigenvalue weighted by Crippen LogP contribution is 2.17. The highest BCUT2D eigenvalue weighted by atomic mass is 16.5. The van der Waals surface area contributed by atoms with Crippen molar-refractivity contribution in [3.05, 3.63) is 0 Å². The number of carbonyl (C=O) groups is 1. The number of likely N-dealkylation sites (tertiary alicyclic amines) is 1. The van der Waals surface area contributed by atoms with Crippen molar-refractivity contribution < 1.29 is 9.53 Å². The van der Waals surface area contributed by atoms with E-state index in [0.29, 0.717) is 13.0 Å². The number of hydrogen-bond donors (Lipinski definition) is 1. The Hall–Kier alpha value is -0.610. The van der Waals surface area contributed by atoms with Crippen LogP contribution in [0.5, 0.6) is 0 Å². The zero-order valence-electron chi connectivity index (χ0n) is 11.4. The van der Waals surface area contributed by atoms with Gasteiger partial charge in [0.25, 0.3) is 0 Å². The molecule has 0 saturated carbocycles. The van der Waals surface area contributed by atoms with Crippen LogP contribution in [0.1, 0.15) is 40.0 Å². The number of hydrogen-bond acceptors (Lipinski definition) is 4. The summed E-state index contributed by atoms with van der Waals surface area (Å²) in [4.78, 5) is 14.0. The Labute approximate surface area is 104 Å². The molecule has 4 nitrogen and oxygen atoms in total. The molecule has 0 aliphatic carbocycles. The molecule has 0 amide bonds. The van der Waals surface area contributed by atoms with Crippen LogP contribution in [0.2, 0.25) is 0 Å². The van der Waals surface area contributed by atoms with Crippen molar-refractivity contribution in [2.24, 2.45) is 11.7 Å². The third-order valence-corrected chi connectivity index (χ3v) is 3.57. The maximum absolute atomic E-state index is 11.6. The van der Waals surface area contributed by atoms with E-state index in [-0.39, 0.29) is 5.97 Å². The minimum Gasteiger partial charge on any atom is -0.465 e. The molecule has 17 heavy (non-hydrogen) atoms. The minimum absolute atomic E-state index is 0.287. The summed E-state index contributed by atoms with van der Waals surface area (Å²) in [6.45, 7) is 9.39. The van der Waals surface area contributed by atoms with E-state index in [0.717, 1.165) is 25.6 Å². The molecule has 4 heteroatoms. The predicted molar refractivity (Wildman–Crippen MR) is 68.7 cm³/mol. The Balaban J connectivity index is 2.31. The molecular weight excluding hydrogens is 216 g/mol. The van der Waals surface area contributed by atoms with E-state index >= 15 is 0 Å². The number of rotatable bonds is 5. The number of carbonyl (C=O) groups excluding carboxylic acids is 1. The Morgan fingerprint density at radius 2 is 2.06 bits per heavy atom. The average molecular weight is 242 g/mol. The summed E-state index contributed by atoms with van der Waals surface area (Å²) >= 11 is 0. The second kappa shape index (κ2) is 6.36. The zero-order chi connectivity index (χ0) is 12.9. The van der Waals surface area contributed by atoms with Crippen LogP contribution >= 0.6 is 0 Å². The molecule has 0 spiro atoms. The van der Waals surface area contributed by atoms with Gasteiger partial charge in [0.05, 0.1) is 6.61 Å². The zero-order valence-corrected chi connectivity index (χ0v) is 11.4. The van der Waals surface area contributed by atoms with Crippen LogP contribution in [0.15, 0.2) is 0 Å². The molecule has 0 aromatic rings. The molecule has 1 aliphatic heterocycles. The molecule has 1 aliphatic rings. The number of nitrogens with two attached hydrogens (primary N) is 1. The van der Waals surface area contributed by atoms with Gasteiger partial charge in [0, 0.05) is 6.54 Å². The number of piperidine rings is 1. The Bertz CT molecular complexity index is 246. The first-order valence-electron chi connectivity index (χ1n) is 6.64. The van der Waals surface area contributed by atoms with Crippen LogP contribution in [0.4, 0.5) is 0 Å². The van der Waals surface area contributed by atoms with Crippen molar-refractivity contribution in [2.75, 3.05) is 26.2 Å². The van der Waals surface area contributed by atoms with Crippen LogP contribution in [-0.4, -0.2) is 42.6 Å². The third kappa shape index (κ3) is 4.64. The van der Waals surface area contributed by atoms with Crippen molar-refractivity contribution in [3.8, 4) is 0 Å². The minimum atomic E-state index is -0.848. The fourth-order valence-corrected chi connectivity index (χ4v) is 2.07. The van der Waals surface area contributed by atoms with Gasteiger partial charge in [-0.2, -0.15) is 0 Å². The lowest BCUT2D eigenvalue weighted by Crippen LogP contribution is -2.49. The van der Waals surface area contributed by atoms with Crippen molar-refractivity contribution in [1.29, 1.82) is 0 Å². The van der Waals surface area contributed by atoms with Gasteiger partial charge in [-0.1, -0.05) is 6.92 Å². The van der Waals surface area contributed by atoms with Gasteiger partial charge in [0.15, 0.2) is 0 Å². The molecule has 1 unspecified atom stereocenters. The largest absolute Gasteiger partial charge is 0.465 e. The molecule has 0 aromatic carbocycles. The van der Waals surface area contributed by atoms with Crippen LogP contribution in [-0.2, 0) is 9.53 Å². The van der Waals surface area contributed by atoms with E-state index in [1.165, 1.54) is 12.8 Å². The summed E-state index contributed by atoms with van der Waals surface area (Å²) < 4.78 is 4.98. The Morgan fingerprint density at radius 3 is 2.59 bits per heavy atom. The molecule has 0 aromatic heterocycles. The van der Waals surface area contributed by atoms with Crippen molar-refractivity contribution in [3.63, 3.8) is 0 Å². The smallest absolute Gasteiger partial charge is 0.325 e. The monoisotopic (exact) mass is 242 g/mol. The lowest BCUT2D eigenvalue weighted by molar-refractivity contribution is -0.149. The van der Waals surface area contributed by atoms with Gasteiger partial charge in [-0.05, 0) is 52.1 Å². The second-order valence-electron chi connectivity index (χ2n) is 5.41. The first-order chi connectivity index (χ1) is 7.95. The first-order valence-corrected chi connectivity index (χ1v) is 6.64. The summed E-state index contributed by atoms with van der Waals surface area (Å²) in [5.74, 6) is 0.547. The van der Waals surface area contributed by atoms with E-state index in [4.69, 9.17) is 10.5 Å². The maximum Gasteiger partial charge on any atom is 0.325 e. The molecule has 1 heterocycles. The summed E-state index contributed by atoms with van der Waals surface area (Å²) in [6, 6.07) is 0. The summed E-state index contributed by atoms with van der Waals surface area (Å²) in [5.41, 5.74) is 5.14. The molecular formula is C13H26N2O2. The fraction of sp³-hybridized carbons (Fsp3) is 0.923. The molecule has 1 saturated heterocycles. The quantitative estimate of drug-likeness (QED) is 0.740. The number of ether oxygens (including phenoxy) is 1. The maximum atomic E-state index is 11.6. The highest BCUT2D eigenvalue weighted by molar-refractivity contribution is 5.79. The Kier molecular flexibility index (Phi) is 5.40. The molecule has 1 rings (SSSR count). The average Bonchev–Trinajstić information content (AvgIpc) is 2.29. The normalized spacial score (nSPS) is 22.1. The number of nitrogens with zero attached hydrogens (tertiary/aromatic N) is 1. The number of esters is 1. The first kappa shape index (κ1) is 14.5. The molecule has 1 atom stereocenters. The van der Waals surface area contributed by atoms with Gasteiger partial charge < -0.3 is 15.4 Å². The SMILES string of the molecule is CCOC(=O)C(C)(N)CCN1CCC(C)CC1. The predicted octanol–water partition coefficient (Wildman–Crippen LogP) is 1.39. The topological polar surface area (TPSA) is 55.6 Å². The molecule has 1 fully saturated rings. The van der Waals surface area contributed by atoms with Crippen molar-refractivity contribution in [2.45, 2.75) is 45.6 Å². The third-order valence-electron chi connectivity index (χ3n) is 3.57. The van der Waals surface area contributed by atoms with Gasteiger partial charge in [-0.15, -0.1) is 0 Å². The fourth-order valence-electron chi connectivity index (χ4n) is 2.07. The second-order valence-corrected chi connectivity index (χ2v) is 5.41. The van der Waals surface area contributed by atoms with E-state index in [1.807, 2.05) is 0 Å². The Morgan fingerprint density at radius 1 is 1.47 bits per heavy atom.